The van der Waals surface area contributed by atoms with E-state index in [-0.39, 0.29) is 18.7 Å². The number of alkyl halides is 4. The van der Waals surface area contributed by atoms with E-state index in [9.17, 15) is 32.3 Å². The van der Waals surface area contributed by atoms with Crippen LogP contribution in [0.15, 0.2) is 47.6 Å². The number of anilines is 1. The van der Waals surface area contributed by atoms with Gasteiger partial charge in [0.25, 0.3) is 0 Å². The first-order chi connectivity index (χ1) is 19.0. The van der Waals surface area contributed by atoms with Crippen LogP contribution in [0.2, 0.25) is 0 Å². The summed E-state index contributed by atoms with van der Waals surface area (Å²) in [4.78, 5) is 28.7. The van der Waals surface area contributed by atoms with Crippen molar-refractivity contribution in [2.45, 2.75) is 31.0 Å². The van der Waals surface area contributed by atoms with E-state index >= 15 is 0 Å². The number of ether oxygens (including phenoxy) is 1. The number of methoxy groups -OCH3 is 1. The summed E-state index contributed by atoms with van der Waals surface area (Å²) in [5, 5.41) is 29.2. The summed E-state index contributed by atoms with van der Waals surface area (Å²) in [6.07, 6.45) is -5.98. The Labute approximate surface area is 225 Å². The van der Waals surface area contributed by atoms with Gasteiger partial charge in [0.1, 0.15) is 12.4 Å². The Morgan fingerprint density at radius 1 is 1.25 bits per heavy atom. The summed E-state index contributed by atoms with van der Waals surface area (Å²) < 4.78 is 57.6. The lowest BCUT2D eigenvalue weighted by Crippen LogP contribution is -2.41. The van der Waals surface area contributed by atoms with E-state index in [4.69, 9.17) is 0 Å². The Morgan fingerprint density at radius 3 is 2.75 bits per heavy atom. The number of carbonyl (C=O) groups excluding carboxylic acids is 2. The van der Waals surface area contributed by atoms with Crippen LogP contribution < -0.4 is 21.3 Å². The molecule has 214 valence electrons. The minimum absolute atomic E-state index is 0.00521. The summed E-state index contributed by atoms with van der Waals surface area (Å²) in [5.41, 5.74) is 0.548. The molecule has 1 aliphatic heterocycles. The SMILES string of the molecule is COC(=O)CC(NC(=O)CNC(O)c1cc(NC2=NCC(F)CN2)cc2[nH]ncc12)c1cccc(C(F)(F)F)c1. The van der Waals surface area contributed by atoms with Crippen LogP contribution in [0.1, 0.15) is 35.4 Å². The summed E-state index contributed by atoms with van der Waals surface area (Å²) in [6.45, 7) is -0.339. The Morgan fingerprint density at radius 2 is 2.05 bits per heavy atom. The smallest absolute Gasteiger partial charge is 0.416 e. The van der Waals surface area contributed by atoms with Gasteiger partial charge in [0.2, 0.25) is 5.91 Å². The van der Waals surface area contributed by atoms with Crippen molar-refractivity contribution in [3.8, 4) is 0 Å². The third-order valence-electron chi connectivity index (χ3n) is 6.09. The van der Waals surface area contributed by atoms with Crippen molar-refractivity contribution >= 4 is 34.4 Å². The lowest BCUT2D eigenvalue weighted by atomic mass is 10.0. The number of hydrogen-bond donors (Lipinski definition) is 6. The highest BCUT2D eigenvalue weighted by Gasteiger charge is 2.31. The number of hydrogen-bond acceptors (Lipinski definition) is 9. The zero-order valence-electron chi connectivity index (χ0n) is 21.2. The fourth-order valence-electron chi connectivity index (χ4n) is 4.09. The van der Waals surface area contributed by atoms with E-state index in [0.29, 0.717) is 28.1 Å². The Bertz CT molecular complexity index is 1390. The van der Waals surface area contributed by atoms with Crippen LogP contribution in [-0.2, 0) is 20.5 Å². The van der Waals surface area contributed by atoms with Gasteiger partial charge in [0.05, 0.1) is 56.5 Å². The van der Waals surface area contributed by atoms with Gasteiger partial charge in [-0.05, 0) is 29.8 Å². The van der Waals surface area contributed by atoms with Crippen LogP contribution in [0.5, 0.6) is 0 Å². The Kier molecular flexibility index (Phi) is 8.84. The number of aliphatic imine (C=N–C) groups is 1. The molecule has 0 saturated carbocycles. The number of amides is 1. The van der Waals surface area contributed by atoms with Gasteiger partial charge in [0.15, 0.2) is 5.96 Å². The number of nitrogens with one attached hydrogen (secondary N) is 5. The van der Waals surface area contributed by atoms with Crippen molar-refractivity contribution < 1.29 is 37.0 Å². The van der Waals surface area contributed by atoms with E-state index in [1.54, 1.807) is 12.1 Å². The number of carbonyl (C=O) groups is 2. The van der Waals surface area contributed by atoms with Gasteiger partial charge in [0, 0.05) is 16.6 Å². The number of H-pyrrole nitrogens is 1. The van der Waals surface area contributed by atoms with Crippen molar-refractivity contribution in [2.24, 2.45) is 4.99 Å². The van der Waals surface area contributed by atoms with Gasteiger partial charge in [-0.1, -0.05) is 12.1 Å². The van der Waals surface area contributed by atoms with E-state index in [1.807, 2.05) is 0 Å². The quantitative estimate of drug-likeness (QED) is 0.131. The Hall–Kier alpha value is -4.24. The van der Waals surface area contributed by atoms with Crippen LogP contribution in [0.4, 0.5) is 23.2 Å². The van der Waals surface area contributed by atoms with E-state index < -0.39 is 55.0 Å². The molecule has 2 aromatic carbocycles. The highest BCUT2D eigenvalue weighted by Crippen LogP contribution is 2.31. The molecule has 1 amide bonds. The highest BCUT2D eigenvalue weighted by molar-refractivity contribution is 5.97. The molecule has 0 spiro atoms. The third kappa shape index (κ3) is 7.24. The Balaban J connectivity index is 1.46. The minimum Gasteiger partial charge on any atom is -0.469 e. The number of fused-ring (bicyclic) bond motifs is 1. The van der Waals surface area contributed by atoms with Crippen molar-refractivity contribution in [1.82, 2.24) is 26.1 Å². The van der Waals surface area contributed by atoms with Crippen LogP contribution >= 0.6 is 0 Å². The maximum absolute atomic E-state index is 13.4. The van der Waals surface area contributed by atoms with Crippen molar-refractivity contribution in [1.29, 1.82) is 0 Å². The maximum atomic E-state index is 13.4. The first kappa shape index (κ1) is 28.8. The van der Waals surface area contributed by atoms with Crippen LogP contribution in [0.25, 0.3) is 10.9 Å². The lowest BCUT2D eigenvalue weighted by molar-refractivity contribution is -0.141. The first-order valence-electron chi connectivity index (χ1n) is 12.1. The van der Waals surface area contributed by atoms with Crippen molar-refractivity contribution in [3.63, 3.8) is 0 Å². The third-order valence-corrected chi connectivity index (χ3v) is 6.09. The number of nitrogens with zero attached hydrogens (tertiary/aromatic N) is 2. The summed E-state index contributed by atoms with van der Waals surface area (Å²) in [7, 11) is 1.12. The number of aromatic nitrogens is 2. The fraction of sp³-hybridized carbons (Fsp3) is 0.360. The number of rotatable bonds is 9. The molecule has 0 aliphatic carbocycles. The number of esters is 1. The summed E-state index contributed by atoms with van der Waals surface area (Å²) in [6, 6.07) is 6.47. The molecule has 3 unspecified atom stereocenters. The van der Waals surface area contributed by atoms with Crippen LogP contribution in [-0.4, -0.2) is 66.1 Å². The molecule has 4 rings (SSSR count). The molecular formula is C25H27F4N7O4. The molecule has 6 N–H and O–H groups in total. The molecule has 1 aliphatic rings. The second kappa shape index (κ2) is 12.3. The summed E-state index contributed by atoms with van der Waals surface area (Å²) >= 11 is 0. The highest BCUT2D eigenvalue weighted by atomic mass is 19.4. The molecule has 0 bridgehead atoms. The first-order valence-corrected chi connectivity index (χ1v) is 12.1. The number of aliphatic hydroxyl groups is 1. The van der Waals surface area contributed by atoms with Gasteiger partial charge < -0.3 is 25.8 Å². The maximum Gasteiger partial charge on any atom is 0.416 e. The fourth-order valence-corrected chi connectivity index (χ4v) is 4.09. The lowest BCUT2D eigenvalue weighted by Gasteiger charge is -2.21. The number of aliphatic hydroxyl groups excluding tert-OH is 1. The molecule has 0 radical (unpaired) electrons. The van der Waals surface area contributed by atoms with E-state index in [0.717, 1.165) is 19.2 Å². The van der Waals surface area contributed by atoms with E-state index in [2.05, 4.69) is 41.2 Å². The van der Waals surface area contributed by atoms with Crippen molar-refractivity contribution in [2.75, 3.05) is 32.1 Å². The standard InChI is InChI=1S/C25H27F4N7O4/c1-40-22(38)8-19(13-3-2-4-14(5-13)25(27,28)29)35-21(37)12-30-23(39)17-6-16(7-20-18(17)11-33-36-20)34-24-31-9-15(26)10-32-24/h2-7,11,15,19,23,30,39H,8-10,12H2,1H3,(H,33,36)(H,35,37)(H2,31,32,34). The van der Waals surface area contributed by atoms with Crippen molar-refractivity contribution in [3.05, 3.63) is 59.3 Å². The molecular weight excluding hydrogens is 538 g/mol. The average molecular weight is 566 g/mol. The number of guanidine groups is 1. The van der Waals surface area contributed by atoms with Gasteiger partial charge in [-0.3, -0.25) is 20.0 Å². The van der Waals surface area contributed by atoms with Gasteiger partial charge in [-0.2, -0.15) is 18.3 Å². The molecule has 2 heterocycles. The normalized spacial score (nSPS) is 16.9. The molecule has 3 aromatic rings. The molecule has 15 heteroatoms. The molecule has 11 nitrogen and oxygen atoms in total. The zero-order valence-corrected chi connectivity index (χ0v) is 21.2. The van der Waals surface area contributed by atoms with Crippen LogP contribution in [0.3, 0.4) is 0 Å². The van der Waals surface area contributed by atoms with E-state index in [1.165, 1.54) is 18.3 Å². The van der Waals surface area contributed by atoms with Gasteiger partial charge >= 0.3 is 12.1 Å². The largest absolute Gasteiger partial charge is 0.469 e. The zero-order chi connectivity index (χ0) is 28.9. The molecule has 40 heavy (non-hydrogen) atoms. The number of halogens is 4. The molecule has 3 atom stereocenters. The van der Waals surface area contributed by atoms with Gasteiger partial charge in [-0.25, -0.2) is 9.38 Å². The molecule has 0 saturated heterocycles. The summed E-state index contributed by atoms with van der Waals surface area (Å²) in [5.74, 6) is -1.07. The van der Waals surface area contributed by atoms with Crippen LogP contribution in [0, 0.1) is 0 Å². The minimum atomic E-state index is -4.61. The molecule has 1 aromatic heterocycles. The number of aromatic amines is 1. The topological polar surface area (TPSA) is 153 Å². The predicted molar refractivity (Wildman–Crippen MR) is 137 cm³/mol. The number of benzene rings is 2. The molecule has 0 fully saturated rings. The average Bonchev–Trinajstić information content (AvgIpc) is 3.40. The monoisotopic (exact) mass is 565 g/mol. The second-order valence-electron chi connectivity index (χ2n) is 9.00. The second-order valence-corrected chi connectivity index (χ2v) is 9.00. The van der Waals surface area contributed by atoms with Gasteiger partial charge in [-0.15, -0.1) is 0 Å². The predicted octanol–water partition coefficient (Wildman–Crippen LogP) is 2.29.